The molecule has 0 aliphatic heterocycles. The third kappa shape index (κ3) is 1.61. The third-order valence-corrected chi connectivity index (χ3v) is 1.80. The van der Waals surface area contributed by atoms with Crippen molar-refractivity contribution in [1.29, 1.82) is 0 Å². The number of carbonyl (C=O) groups is 1. The van der Waals surface area contributed by atoms with Crippen molar-refractivity contribution in [3.05, 3.63) is 23.0 Å². The molecule has 0 radical (unpaired) electrons. The Morgan fingerprint density at radius 2 is 2.25 bits per heavy atom. The van der Waals surface area contributed by atoms with Crippen LogP contribution in [0.2, 0.25) is 5.02 Å². The minimum Gasteiger partial charge on any atom is -0.477 e. The van der Waals surface area contributed by atoms with E-state index in [1.54, 1.807) is 10.8 Å². The second-order valence-corrected chi connectivity index (χ2v) is 3.29. The van der Waals surface area contributed by atoms with Gasteiger partial charge >= 0.3 is 5.97 Å². The van der Waals surface area contributed by atoms with Crippen LogP contribution in [0, 0.1) is 0 Å². The summed E-state index contributed by atoms with van der Waals surface area (Å²) in [6, 6.07) is 1.56. The molecule has 12 heavy (non-hydrogen) atoms. The minimum absolute atomic E-state index is 0.114. The van der Waals surface area contributed by atoms with Crippen molar-refractivity contribution in [2.75, 3.05) is 0 Å². The van der Waals surface area contributed by atoms with Crippen LogP contribution in [-0.2, 0) is 0 Å². The average molecular weight is 188 g/mol. The zero-order chi connectivity index (χ0) is 9.30. The fourth-order valence-corrected chi connectivity index (χ4v) is 1.25. The molecule has 0 aromatic carbocycles. The van der Waals surface area contributed by atoms with Crippen LogP contribution in [0.25, 0.3) is 0 Å². The number of carboxylic acids is 1. The molecule has 4 heteroatoms. The molecule has 0 aliphatic rings. The van der Waals surface area contributed by atoms with Crippen molar-refractivity contribution in [2.45, 2.75) is 19.9 Å². The van der Waals surface area contributed by atoms with Crippen LogP contribution in [0.3, 0.4) is 0 Å². The van der Waals surface area contributed by atoms with Gasteiger partial charge in [-0.1, -0.05) is 11.6 Å². The molecular formula is C8H10ClNO2. The molecule has 0 spiro atoms. The van der Waals surface area contributed by atoms with Gasteiger partial charge in [0.05, 0.1) is 5.02 Å². The second kappa shape index (κ2) is 3.19. The third-order valence-electron chi connectivity index (χ3n) is 1.59. The highest BCUT2D eigenvalue weighted by Gasteiger charge is 2.12. The number of nitrogens with zero attached hydrogens (tertiary/aromatic N) is 1. The van der Waals surface area contributed by atoms with Gasteiger partial charge in [-0.15, -0.1) is 0 Å². The zero-order valence-corrected chi connectivity index (χ0v) is 7.67. The molecular weight excluding hydrogens is 178 g/mol. The summed E-state index contributed by atoms with van der Waals surface area (Å²) in [6.07, 6.45) is 1.62. The predicted molar refractivity (Wildman–Crippen MR) is 46.8 cm³/mol. The molecule has 0 fully saturated rings. The van der Waals surface area contributed by atoms with Crippen molar-refractivity contribution in [3.63, 3.8) is 0 Å². The molecule has 1 heterocycles. The number of rotatable bonds is 2. The van der Waals surface area contributed by atoms with Crippen LogP contribution in [0.4, 0.5) is 0 Å². The first-order valence-corrected chi connectivity index (χ1v) is 4.01. The molecule has 0 unspecified atom stereocenters. The van der Waals surface area contributed by atoms with Crippen molar-refractivity contribution < 1.29 is 9.90 Å². The lowest BCUT2D eigenvalue weighted by atomic mass is 10.3. The van der Waals surface area contributed by atoms with Gasteiger partial charge in [0.15, 0.2) is 0 Å². The quantitative estimate of drug-likeness (QED) is 0.773. The van der Waals surface area contributed by atoms with E-state index in [1.807, 2.05) is 13.8 Å². The van der Waals surface area contributed by atoms with Crippen LogP contribution < -0.4 is 0 Å². The summed E-state index contributed by atoms with van der Waals surface area (Å²) in [5, 5.41) is 9.21. The monoisotopic (exact) mass is 187 g/mol. The van der Waals surface area contributed by atoms with Gasteiger partial charge in [-0.2, -0.15) is 0 Å². The average Bonchev–Trinajstić information content (AvgIpc) is 2.31. The van der Waals surface area contributed by atoms with Gasteiger partial charge in [0.1, 0.15) is 5.69 Å². The number of hydrogen-bond donors (Lipinski definition) is 1. The highest BCUT2D eigenvalue weighted by atomic mass is 35.5. The number of aromatic carboxylic acids is 1. The Morgan fingerprint density at radius 1 is 1.67 bits per heavy atom. The summed E-state index contributed by atoms with van der Waals surface area (Å²) in [7, 11) is 0. The first-order valence-electron chi connectivity index (χ1n) is 3.63. The number of halogens is 1. The van der Waals surface area contributed by atoms with Crippen LogP contribution in [0.5, 0.6) is 0 Å². The Bertz CT molecular complexity index is 304. The van der Waals surface area contributed by atoms with E-state index in [-0.39, 0.29) is 11.7 Å². The molecule has 0 amide bonds. The van der Waals surface area contributed by atoms with Gasteiger partial charge in [-0.25, -0.2) is 4.79 Å². The molecule has 0 saturated carbocycles. The van der Waals surface area contributed by atoms with Crippen LogP contribution in [0.1, 0.15) is 30.4 Å². The minimum atomic E-state index is -0.949. The topological polar surface area (TPSA) is 42.2 Å². The maximum absolute atomic E-state index is 10.7. The van der Waals surface area contributed by atoms with Crippen molar-refractivity contribution >= 4 is 17.6 Å². The molecule has 1 aromatic heterocycles. The van der Waals surface area contributed by atoms with E-state index in [2.05, 4.69) is 0 Å². The molecule has 0 bridgehead atoms. The first-order chi connectivity index (χ1) is 5.52. The van der Waals surface area contributed by atoms with Crippen LogP contribution in [-0.4, -0.2) is 15.6 Å². The van der Waals surface area contributed by atoms with Gasteiger partial charge < -0.3 is 9.67 Å². The lowest BCUT2D eigenvalue weighted by Gasteiger charge is -2.08. The van der Waals surface area contributed by atoms with E-state index in [1.165, 1.54) is 6.07 Å². The van der Waals surface area contributed by atoms with Crippen LogP contribution >= 0.6 is 11.6 Å². The Morgan fingerprint density at radius 3 is 2.58 bits per heavy atom. The molecule has 0 saturated heterocycles. The normalized spacial score (nSPS) is 10.7. The summed E-state index contributed by atoms with van der Waals surface area (Å²) < 4.78 is 1.63. The molecule has 1 aromatic rings. The van der Waals surface area contributed by atoms with E-state index >= 15 is 0 Å². The lowest BCUT2D eigenvalue weighted by Crippen LogP contribution is -2.09. The van der Waals surface area contributed by atoms with E-state index in [4.69, 9.17) is 16.7 Å². The maximum Gasteiger partial charge on any atom is 0.352 e. The fourth-order valence-electron chi connectivity index (χ4n) is 1.04. The summed E-state index contributed by atoms with van der Waals surface area (Å²) in [5.41, 5.74) is 0.231. The molecule has 1 rings (SSSR count). The Labute approximate surface area is 75.6 Å². The lowest BCUT2D eigenvalue weighted by molar-refractivity contribution is 0.0683. The summed E-state index contributed by atoms with van der Waals surface area (Å²) in [5.74, 6) is -0.949. The Hall–Kier alpha value is -0.960. The Kier molecular flexibility index (Phi) is 2.43. The second-order valence-electron chi connectivity index (χ2n) is 2.85. The van der Waals surface area contributed by atoms with Gasteiger partial charge in [-0.3, -0.25) is 0 Å². The standard InChI is InChI=1S/C8H10ClNO2/c1-5(2)10-4-6(9)3-7(10)8(11)12/h3-5H,1-2H3,(H,11,12). The predicted octanol–water partition coefficient (Wildman–Crippen LogP) is 2.42. The number of hydrogen-bond acceptors (Lipinski definition) is 1. The van der Waals surface area contributed by atoms with E-state index in [0.717, 1.165) is 0 Å². The largest absolute Gasteiger partial charge is 0.477 e. The Balaban J connectivity index is 3.17. The number of carboxylic acid groups (broad SMARTS) is 1. The summed E-state index contributed by atoms with van der Waals surface area (Å²) in [6.45, 7) is 3.81. The van der Waals surface area contributed by atoms with Gasteiger partial charge in [0, 0.05) is 12.2 Å². The van der Waals surface area contributed by atoms with Crippen molar-refractivity contribution in [3.8, 4) is 0 Å². The van der Waals surface area contributed by atoms with E-state index < -0.39 is 5.97 Å². The highest BCUT2D eigenvalue weighted by molar-refractivity contribution is 6.30. The van der Waals surface area contributed by atoms with Crippen molar-refractivity contribution in [2.24, 2.45) is 0 Å². The smallest absolute Gasteiger partial charge is 0.352 e. The molecule has 3 nitrogen and oxygen atoms in total. The van der Waals surface area contributed by atoms with Crippen molar-refractivity contribution in [1.82, 2.24) is 4.57 Å². The number of aromatic nitrogens is 1. The van der Waals surface area contributed by atoms with Crippen LogP contribution in [0.15, 0.2) is 12.3 Å². The van der Waals surface area contributed by atoms with E-state index in [0.29, 0.717) is 5.02 Å². The molecule has 66 valence electrons. The van der Waals surface area contributed by atoms with Gasteiger partial charge in [0.25, 0.3) is 0 Å². The summed E-state index contributed by atoms with van der Waals surface area (Å²) in [4.78, 5) is 10.7. The fraction of sp³-hybridized carbons (Fsp3) is 0.375. The SMILES string of the molecule is CC(C)n1cc(Cl)cc1C(=O)O. The van der Waals surface area contributed by atoms with E-state index in [9.17, 15) is 4.79 Å². The first kappa shape index (κ1) is 9.13. The molecule has 1 N–H and O–H groups in total. The maximum atomic E-state index is 10.7. The molecule has 0 aliphatic carbocycles. The summed E-state index contributed by atoms with van der Waals surface area (Å²) >= 11 is 5.67. The highest BCUT2D eigenvalue weighted by Crippen LogP contribution is 2.18. The van der Waals surface area contributed by atoms with Gasteiger partial charge in [-0.05, 0) is 19.9 Å². The van der Waals surface area contributed by atoms with Gasteiger partial charge in [0.2, 0.25) is 0 Å². The molecule has 0 atom stereocenters. The zero-order valence-electron chi connectivity index (χ0n) is 6.91.